The van der Waals surface area contributed by atoms with Gasteiger partial charge < -0.3 is 5.32 Å². The normalized spacial score (nSPS) is 11.9. The molecule has 0 aliphatic rings. The molecule has 1 aromatic carbocycles. The molecule has 0 saturated heterocycles. The maximum atomic E-state index is 13.2. The van der Waals surface area contributed by atoms with Gasteiger partial charge in [0.25, 0.3) is 0 Å². The molecule has 35 heavy (non-hydrogen) atoms. The highest BCUT2D eigenvalue weighted by molar-refractivity contribution is 5.93. The minimum Gasteiger partial charge on any atom is -0.345 e. The average molecular weight is 481 g/mol. The number of benzene rings is 1. The summed E-state index contributed by atoms with van der Waals surface area (Å²) in [5.74, 6) is -0.931. The molecule has 12 heteroatoms. The number of rotatable bonds is 5. The quantitative estimate of drug-likeness (QED) is 0.416. The molecular formula is C23H18F3N7O2. The number of nitrogens with zero attached hydrogens (tertiary/aromatic N) is 6. The van der Waals surface area contributed by atoms with Gasteiger partial charge in [-0.25, -0.2) is 14.3 Å². The molecule has 0 radical (unpaired) electrons. The SMILES string of the molecule is Cn1ncc2c(-c3ccc(-n4c(=O)n(CC(=O)NCC(F)(F)F)c5cccnc54)cc3)cncc21. The molecule has 9 nitrogen and oxygen atoms in total. The van der Waals surface area contributed by atoms with Gasteiger partial charge in [-0.15, -0.1) is 0 Å². The van der Waals surface area contributed by atoms with E-state index in [-0.39, 0.29) is 5.65 Å². The molecule has 1 amide bonds. The van der Waals surface area contributed by atoms with Crippen LogP contribution in [0.5, 0.6) is 0 Å². The Balaban J connectivity index is 1.52. The first kappa shape index (κ1) is 22.3. The van der Waals surface area contributed by atoms with E-state index in [4.69, 9.17) is 0 Å². The fraction of sp³-hybridized carbons (Fsp3) is 0.174. The lowest BCUT2D eigenvalue weighted by atomic mass is 10.0. The summed E-state index contributed by atoms with van der Waals surface area (Å²) in [7, 11) is 1.83. The van der Waals surface area contributed by atoms with Crippen LogP contribution < -0.4 is 11.0 Å². The van der Waals surface area contributed by atoms with Gasteiger partial charge in [0.05, 0.1) is 29.1 Å². The number of nitrogens with one attached hydrogen (secondary N) is 1. The summed E-state index contributed by atoms with van der Waals surface area (Å²) < 4.78 is 41.5. The van der Waals surface area contributed by atoms with Gasteiger partial charge in [-0.05, 0) is 29.8 Å². The van der Waals surface area contributed by atoms with Crippen LogP contribution in [0.25, 0.3) is 38.9 Å². The fourth-order valence-electron chi connectivity index (χ4n) is 3.95. The van der Waals surface area contributed by atoms with Crippen molar-refractivity contribution in [1.29, 1.82) is 0 Å². The summed E-state index contributed by atoms with van der Waals surface area (Å²) in [6.45, 7) is -2.05. The summed E-state index contributed by atoms with van der Waals surface area (Å²) >= 11 is 0. The molecule has 0 aliphatic carbocycles. The molecule has 0 fully saturated rings. The third-order valence-corrected chi connectivity index (χ3v) is 5.59. The third kappa shape index (κ3) is 4.14. The summed E-state index contributed by atoms with van der Waals surface area (Å²) in [4.78, 5) is 33.9. The molecular weight excluding hydrogens is 463 g/mol. The Bertz CT molecular complexity index is 1610. The second-order valence-electron chi connectivity index (χ2n) is 7.88. The number of halogens is 3. The monoisotopic (exact) mass is 481 g/mol. The molecule has 178 valence electrons. The first-order chi connectivity index (χ1) is 16.7. The molecule has 0 aliphatic heterocycles. The third-order valence-electron chi connectivity index (χ3n) is 5.59. The van der Waals surface area contributed by atoms with E-state index in [0.717, 1.165) is 26.6 Å². The Morgan fingerprint density at radius 3 is 2.57 bits per heavy atom. The molecule has 5 aromatic rings. The van der Waals surface area contributed by atoms with Crippen molar-refractivity contribution in [2.75, 3.05) is 6.54 Å². The number of hydrogen-bond donors (Lipinski definition) is 1. The predicted octanol–water partition coefficient (Wildman–Crippen LogP) is 2.81. The van der Waals surface area contributed by atoms with E-state index in [0.29, 0.717) is 11.2 Å². The zero-order chi connectivity index (χ0) is 24.7. The second kappa shape index (κ2) is 8.38. The van der Waals surface area contributed by atoms with Crippen molar-refractivity contribution >= 4 is 28.0 Å². The van der Waals surface area contributed by atoms with Gasteiger partial charge in [0.2, 0.25) is 5.91 Å². The summed E-state index contributed by atoms with van der Waals surface area (Å²) in [6, 6.07) is 10.3. The molecule has 1 N–H and O–H groups in total. The van der Waals surface area contributed by atoms with E-state index in [9.17, 15) is 22.8 Å². The highest BCUT2D eigenvalue weighted by Crippen LogP contribution is 2.28. The first-order valence-corrected chi connectivity index (χ1v) is 10.5. The predicted molar refractivity (Wildman–Crippen MR) is 122 cm³/mol. The average Bonchev–Trinajstić information content (AvgIpc) is 3.35. The molecule has 0 bridgehead atoms. The number of aryl methyl sites for hydroxylation is 1. The molecule has 4 heterocycles. The van der Waals surface area contributed by atoms with Crippen LogP contribution in [0.1, 0.15) is 0 Å². The Hall–Kier alpha value is -4.48. The molecule has 0 atom stereocenters. The van der Waals surface area contributed by atoms with Gasteiger partial charge >= 0.3 is 11.9 Å². The zero-order valence-corrected chi connectivity index (χ0v) is 18.3. The molecule has 0 spiro atoms. The van der Waals surface area contributed by atoms with E-state index in [2.05, 4.69) is 15.1 Å². The lowest BCUT2D eigenvalue weighted by Crippen LogP contribution is -2.37. The molecule has 5 rings (SSSR count). The Morgan fingerprint density at radius 2 is 1.83 bits per heavy atom. The Labute approximate surface area is 195 Å². The van der Waals surface area contributed by atoms with E-state index < -0.39 is 30.9 Å². The standard InChI is InChI=1S/C23H18F3N7O2/c1-31-19-11-27-9-16(17(19)10-30-31)14-4-6-15(7-5-14)33-21-18(3-2-8-28-21)32(22(33)35)12-20(34)29-13-23(24,25)26/h2-11H,12-13H2,1H3,(H,29,34). The zero-order valence-electron chi connectivity index (χ0n) is 18.3. The van der Waals surface area contributed by atoms with Crippen molar-refractivity contribution in [3.8, 4) is 16.8 Å². The van der Waals surface area contributed by atoms with Crippen LogP contribution >= 0.6 is 0 Å². The second-order valence-corrected chi connectivity index (χ2v) is 7.88. The summed E-state index contributed by atoms with van der Waals surface area (Å²) in [5, 5.41) is 6.99. The van der Waals surface area contributed by atoms with Gasteiger partial charge in [-0.3, -0.25) is 19.0 Å². The largest absolute Gasteiger partial charge is 0.405 e. The van der Waals surface area contributed by atoms with E-state index in [1.54, 1.807) is 52.9 Å². The highest BCUT2D eigenvalue weighted by atomic mass is 19.4. The number of alkyl halides is 3. The summed E-state index contributed by atoms with van der Waals surface area (Å²) in [5.41, 5.74) is 3.11. The fourth-order valence-corrected chi connectivity index (χ4v) is 3.95. The van der Waals surface area contributed by atoms with Crippen molar-refractivity contribution in [3.63, 3.8) is 0 Å². The number of hydrogen-bond acceptors (Lipinski definition) is 5. The van der Waals surface area contributed by atoms with Gasteiger partial charge in [0.1, 0.15) is 13.1 Å². The van der Waals surface area contributed by atoms with Crippen molar-refractivity contribution in [1.82, 2.24) is 34.2 Å². The maximum Gasteiger partial charge on any atom is 0.405 e. The molecule has 0 saturated carbocycles. The van der Waals surface area contributed by atoms with Crippen LogP contribution in [0.3, 0.4) is 0 Å². The molecule has 4 aromatic heterocycles. The van der Waals surface area contributed by atoms with Crippen molar-refractivity contribution < 1.29 is 18.0 Å². The minimum atomic E-state index is -4.55. The lowest BCUT2D eigenvalue weighted by Gasteiger charge is -2.08. The van der Waals surface area contributed by atoms with Crippen LogP contribution in [-0.2, 0) is 18.4 Å². The van der Waals surface area contributed by atoms with Gasteiger partial charge in [-0.1, -0.05) is 12.1 Å². The lowest BCUT2D eigenvalue weighted by molar-refractivity contribution is -0.138. The number of imidazole rings is 1. The van der Waals surface area contributed by atoms with E-state index in [1.165, 1.54) is 10.8 Å². The van der Waals surface area contributed by atoms with Crippen molar-refractivity contribution in [2.24, 2.45) is 7.05 Å². The van der Waals surface area contributed by atoms with Crippen molar-refractivity contribution in [3.05, 3.63) is 71.7 Å². The minimum absolute atomic E-state index is 0.282. The Morgan fingerprint density at radius 1 is 1.06 bits per heavy atom. The van der Waals surface area contributed by atoms with Crippen LogP contribution in [0.4, 0.5) is 13.2 Å². The number of carbonyl (C=O) groups is 1. The number of fused-ring (bicyclic) bond motifs is 2. The highest BCUT2D eigenvalue weighted by Gasteiger charge is 2.28. The number of pyridine rings is 2. The topological polar surface area (TPSA) is 99.6 Å². The van der Waals surface area contributed by atoms with Gasteiger partial charge in [0, 0.05) is 30.4 Å². The summed E-state index contributed by atoms with van der Waals surface area (Å²) in [6.07, 6.45) is 2.17. The van der Waals surface area contributed by atoms with E-state index >= 15 is 0 Å². The number of carbonyl (C=O) groups excluding carboxylic acids is 1. The smallest absolute Gasteiger partial charge is 0.345 e. The van der Waals surface area contributed by atoms with Crippen LogP contribution in [0.15, 0.2) is 66.0 Å². The maximum absolute atomic E-state index is 13.2. The van der Waals surface area contributed by atoms with Crippen LogP contribution in [0.2, 0.25) is 0 Å². The van der Waals surface area contributed by atoms with Crippen molar-refractivity contribution in [2.45, 2.75) is 12.7 Å². The van der Waals surface area contributed by atoms with Gasteiger partial charge in [-0.2, -0.15) is 18.3 Å². The number of aromatic nitrogens is 6. The Kier molecular flexibility index (Phi) is 5.35. The van der Waals surface area contributed by atoms with E-state index in [1.807, 2.05) is 19.2 Å². The van der Waals surface area contributed by atoms with Gasteiger partial charge in [0.15, 0.2) is 5.65 Å². The molecule has 0 unspecified atom stereocenters. The van der Waals surface area contributed by atoms with Crippen LogP contribution in [0, 0.1) is 0 Å². The number of amides is 1. The van der Waals surface area contributed by atoms with Crippen LogP contribution in [-0.4, -0.2) is 47.5 Å². The first-order valence-electron chi connectivity index (χ1n) is 10.5.